The molecule has 0 atom stereocenters. The second-order valence-corrected chi connectivity index (χ2v) is 4.56. The number of hydrogen-bond acceptors (Lipinski definition) is 4. The van der Waals surface area contributed by atoms with Crippen molar-refractivity contribution in [1.29, 1.82) is 0 Å². The Balaban J connectivity index is 1.90. The van der Waals surface area contributed by atoms with Crippen LogP contribution in [0.25, 0.3) is 0 Å². The third-order valence-corrected chi connectivity index (χ3v) is 3.47. The average molecular weight is 211 g/mol. The highest BCUT2D eigenvalue weighted by atomic mass is 32.2. The first-order valence-electron chi connectivity index (χ1n) is 4.70. The molecule has 1 aliphatic rings. The molecular weight excluding hydrogens is 198 g/mol. The van der Waals surface area contributed by atoms with Crippen LogP contribution >= 0.6 is 11.8 Å². The fraction of sp³-hybridized carbons (Fsp3) is 0.667. The number of thioether (sulfide) groups is 1. The molecular formula is C9H13N3OS. The molecule has 1 aliphatic carbocycles. The van der Waals surface area contributed by atoms with Gasteiger partial charge in [-0.25, -0.2) is 0 Å². The van der Waals surface area contributed by atoms with E-state index in [1.807, 2.05) is 18.5 Å². The van der Waals surface area contributed by atoms with Crippen molar-refractivity contribution in [2.75, 3.05) is 5.75 Å². The van der Waals surface area contributed by atoms with E-state index >= 15 is 0 Å². The molecule has 0 aliphatic heterocycles. The maximum absolute atomic E-state index is 11.4. The van der Waals surface area contributed by atoms with Crippen LogP contribution in [0.1, 0.15) is 18.7 Å². The summed E-state index contributed by atoms with van der Waals surface area (Å²) in [5.74, 6) is 2.12. The van der Waals surface area contributed by atoms with Gasteiger partial charge >= 0.3 is 0 Å². The van der Waals surface area contributed by atoms with Crippen molar-refractivity contribution in [3.05, 3.63) is 5.82 Å². The van der Waals surface area contributed by atoms with E-state index < -0.39 is 0 Å². The van der Waals surface area contributed by atoms with Gasteiger partial charge in [0.25, 0.3) is 0 Å². The Morgan fingerprint density at radius 2 is 2.29 bits per heavy atom. The molecule has 14 heavy (non-hydrogen) atoms. The van der Waals surface area contributed by atoms with E-state index in [1.54, 1.807) is 0 Å². The van der Waals surface area contributed by atoms with Gasteiger partial charge in [-0.1, -0.05) is 11.8 Å². The molecule has 1 heterocycles. The van der Waals surface area contributed by atoms with Crippen molar-refractivity contribution in [3.63, 3.8) is 0 Å². The van der Waals surface area contributed by atoms with E-state index in [1.165, 1.54) is 11.8 Å². The summed E-state index contributed by atoms with van der Waals surface area (Å²) in [6.45, 7) is 1.90. The van der Waals surface area contributed by atoms with E-state index in [-0.39, 0.29) is 0 Å². The molecule has 1 aromatic heterocycles. The van der Waals surface area contributed by atoms with Gasteiger partial charge in [0.05, 0.1) is 5.75 Å². The molecule has 0 spiro atoms. The molecule has 0 radical (unpaired) electrons. The van der Waals surface area contributed by atoms with Gasteiger partial charge in [-0.15, -0.1) is 10.2 Å². The summed E-state index contributed by atoms with van der Waals surface area (Å²) in [4.78, 5) is 11.4. The van der Waals surface area contributed by atoms with Gasteiger partial charge in [-0.05, 0) is 19.8 Å². The van der Waals surface area contributed by atoms with E-state index in [0.717, 1.165) is 23.8 Å². The Kier molecular flexibility index (Phi) is 2.58. The molecule has 1 saturated carbocycles. The number of nitrogens with zero attached hydrogens (tertiary/aromatic N) is 3. The smallest absolute Gasteiger partial charge is 0.191 e. The second-order valence-electron chi connectivity index (χ2n) is 3.62. The molecule has 0 bridgehead atoms. The number of rotatable bonds is 4. The van der Waals surface area contributed by atoms with Crippen LogP contribution in [-0.2, 0) is 11.8 Å². The summed E-state index contributed by atoms with van der Waals surface area (Å²) >= 11 is 1.48. The van der Waals surface area contributed by atoms with Crippen LogP contribution < -0.4 is 0 Å². The predicted octanol–water partition coefficient (Wildman–Crippen LogP) is 1.19. The molecule has 1 fully saturated rings. The standard InChI is InChI=1S/C9H13N3OS/c1-6-10-11-9(12(6)2)14-5-8(13)7-3-4-7/h7H,3-5H2,1-2H3. The van der Waals surface area contributed by atoms with Crippen molar-refractivity contribution in [2.24, 2.45) is 13.0 Å². The maximum Gasteiger partial charge on any atom is 0.191 e. The highest BCUT2D eigenvalue weighted by Crippen LogP contribution is 2.31. The van der Waals surface area contributed by atoms with E-state index in [0.29, 0.717) is 17.5 Å². The summed E-state index contributed by atoms with van der Waals surface area (Å²) in [6.07, 6.45) is 2.16. The Hall–Kier alpha value is -0.840. The summed E-state index contributed by atoms with van der Waals surface area (Å²) in [7, 11) is 1.92. The van der Waals surface area contributed by atoms with E-state index in [4.69, 9.17) is 0 Å². The molecule has 0 amide bonds. The van der Waals surface area contributed by atoms with Gasteiger partial charge in [0, 0.05) is 13.0 Å². The first kappa shape index (κ1) is 9.71. The molecule has 1 aromatic rings. The van der Waals surface area contributed by atoms with Gasteiger partial charge in [-0.3, -0.25) is 4.79 Å². The first-order chi connectivity index (χ1) is 6.68. The Morgan fingerprint density at radius 1 is 1.57 bits per heavy atom. The predicted molar refractivity (Wildman–Crippen MR) is 54.2 cm³/mol. The fourth-order valence-electron chi connectivity index (χ4n) is 1.17. The van der Waals surface area contributed by atoms with Crippen molar-refractivity contribution in [1.82, 2.24) is 14.8 Å². The number of hydrogen-bond donors (Lipinski definition) is 0. The number of aromatic nitrogens is 3. The van der Waals surface area contributed by atoms with Crippen LogP contribution in [-0.4, -0.2) is 26.3 Å². The van der Waals surface area contributed by atoms with Crippen molar-refractivity contribution < 1.29 is 4.79 Å². The molecule has 0 N–H and O–H groups in total. The molecule has 76 valence electrons. The first-order valence-corrected chi connectivity index (χ1v) is 5.68. The fourth-order valence-corrected chi connectivity index (χ4v) is 2.10. The normalized spacial score (nSPS) is 15.9. The van der Waals surface area contributed by atoms with Crippen LogP contribution in [0.4, 0.5) is 0 Å². The molecule has 5 heteroatoms. The van der Waals surface area contributed by atoms with Crippen molar-refractivity contribution in [2.45, 2.75) is 24.9 Å². The lowest BCUT2D eigenvalue weighted by Gasteiger charge is -1.99. The summed E-state index contributed by atoms with van der Waals surface area (Å²) in [5, 5.41) is 8.76. The monoisotopic (exact) mass is 211 g/mol. The zero-order chi connectivity index (χ0) is 10.1. The Bertz CT molecular complexity index is 357. The lowest BCUT2D eigenvalue weighted by molar-refractivity contribution is -0.117. The maximum atomic E-state index is 11.4. The van der Waals surface area contributed by atoms with Crippen LogP contribution in [0.5, 0.6) is 0 Å². The molecule has 0 saturated heterocycles. The van der Waals surface area contributed by atoms with Crippen LogP contribution in [0.2, 0.25) is 0 Å². The van der Waals surface area contributed by atoms with Crippen molar-refractivity contribution >= 4 is 17.5 Å². The third-order valence-electron chi connectivity index (χ3n) is 2.43. The van der Waals surface area contributed by atoms with Gasteiger partial charge in [-0.2, -0.15) is 0 Å². The highest BCUT2D eigenvalue weighted by molar-refractivity contribution is 7.99. The molecule has 2 rings (SSSR count). The highest BCUT2D eigenvalue weighted by Gasteiger charge is 2.29. The number of Topliss-reactive ketones (excluding diaryl/α,β-unsaturated/α-hetero) is 1. The van der Waals surface area contributed by atoms with Gasteiger partial charge in [0.1, 0.15) is 11.6 Å². The molecule has 0 unspecified atom stereocenters. The second kappa shape index (κ2) is 3.73. The molecule has 4 nitrogen and oxygen atoms in total. The average Bonchev–Trinajstić information content (AvgIpc) is 2.95. The quantitative estimate of drug-likeness (QED) is 0.702. The minimum absolute atomic E-state index is 0.344. The van der Waals surface area contributed by atoms with Gasteiger partial charge in [0.15, 0.2) is 5.16 Å². The zero-order valence-corrected chi connectivity index (χ0v) is 9.17. The largest absolute Gasteiger partial charge is 0.309 e. The SMILES string of the molecule is Cc1nnc(SCC(=O)C2CC2)n1C. The third kappa shape index (κ3) is 1.97. The zero-order valence-electron chi connectivity index (χ0n) is 8.36. The van der Waals surface area contributed by atoms with Crippen LogP contribution in [0.3, 0.4) is 0 Å². The van der Waals surface area contributed by atoms with Crippen LogP contribution in [0.15, 0.2) is 5.16 Å². The lowest BCUT2D eigenvalue weighted by Crippen LogP contribution is -2.04. The summed E-state index contributed by atoms with van der Waals surface area (Å²) < 4.78 is 1.91. The summed E-state index contributed by atoms with van der Waals surface area (Å²) in [6, 6.07) is 0. The lowest BCUT2D eigenvalue weighted by atomic mass is 10.3. The number of carbonyl (C=O) groups excluding carboxylic acids is 1. The van der Waals surface area contributed by atoms with E-state index in [9.17, 15) is 4.79 Å². The van der Waals surface area contributed by atoms with Crippen molar-refractivity contribution in [3.8, 4) is 0 Å². The topological polar surface area (TPSA) is 47.8 Å². The Morgan fingerprint density at radius 3 is 2.79 bits per heavy atom. The number of carbonyl (C=O) groups is 1. The minimum atomic E-state index is 0.344. The molecule has 0 aromatic carbocycles. The number of aryl methyl sites for hydroxylation is 1. The van der Waals surface area contributed by atoms with Gasteiger partial charge in [0.2, 0.25) is 0 Å². The van der Waals surface area contributed by atoms with Crippen LogP contribution in [0, 0.1) is 12.8 Å². The Labute approximate surface area is 87.1 Å². The number of ketones is 1. The van der Waals surface area contributed by atoms with Gasteiger partial charge < -0.3 is 4.57 Å². The minimum Gasteiger partial charge on any atom is -0.309 e. The van der Waals surface area contributed by atoms with E-state index in [2.05, 4.69) is 10.2 Å². The summed E-state index contributed by atoms with van der Waals surface area (Å²) in [5.41, 5.74) is 0.